The number of carbonyl (C=O) groups excluding carboxylic acids is 1. The van der Waals surface area contributed by atoms with Gasteiger partial charge in [0.1, 0.15) is 0 Å². The van der Waals surface area contributed by atoms with Crippen LogP contribution < -0.4 is 4.72 Å². The Morgan fingerprint density at radius 3 is 2.41 bits per heavy atom. The normalized spacial score (nSPS) is 20.3. The Morgan fingerprint density at radius 1 is 1.15 bits per heavy atom. The average molecular weight is 402 g/mol. The van der Waals surface area contributed by atoms with Crippen LogP contribution in [0.4, 0.5) is 18.9 Å². The number of hydrogen-bond donors (Lipinski definition) is 1. The van der Waals surface area contributed by atoms with Crippen LogP contribution in [0.5, 0.6) is 0 Å². The molecule has 1 aliphatic carbocycles. The third-order valence-corrected chi connectivity index (χ3v) is 6.63. The van der Waals surface area contributed by atoms with Gasteiger partial charge in [-0.1, -0.05) is 37.6 Å². The van der Waals surface area contributed by atoms with Crippen molar-refractivity contribution in [3.63, 3.8) is 0 Å². The average Bonchev–Trinajstić information content (AvgIpc) is 3.06. The Morgan fingerprint density at radius 2 is 1.78 bits per heavy atom. The van der Waals surface area contributed by atoms with Gasteiger partial charge in [0.2, 0.25) is 5.91 Å². The van der Waals surface area contributed by atoms with Gasteiger partial charge in [-0.05, 0) is 30.9 Å². The molecule has 3 rings (SSSR count). The van der Waals surface area contributed by atoms with Crippen LogP contribution >= 0.6 is 0 Å². The monoisotopic (exact) mass is 402 g/mol. The summed E-state index contributed by atoms with van der Waals surface area (Å²) in [6.45, 7) is 4.47. The first-order valence-corrected chi connectivity index (χ1v) is 10.2. The van der Waals surface area contributed by atoms with Crippen LogP contribution in [0, 0.1) is 5.41 Å². The maximum Gasteiger partial charge on any atom is 0.516 e. The fourth-order valence-electron chi connectivity index (χ4n) is 3.94. The van der Waals surface area contributed by atoms with Gasteiger partial charge >= 0.3 is 15.5 Å². The first-order chi connectivity index (χ1) is 12.6. The third kappa shape index (κ3) is 3.69. The molecule has 1 N–H and O–H groups in total. The lowest BCUT2D eigenvalue weighted by Crippen LogP contribution is -2.44. The number of sulfonamides is 1. The maximum absolute atomic E-state index is 12.8. The first kappa shape index (κ1) is 19.7. The number of amides is 1. The molecule has 2 aliphatic rings. The number of halogens is 3. The minimum atomic E-state index is -5.53. The first-order valence-electron chi connectivity index (χ1n) is 8.71. The highest BCUT2D eigenvalue weighted by Crippen LogP contribution is 2.49. The lowest BCUT2D eigenvalue weighted by molar-refractivity contribution is -0.131. The number of piperidine rings is 1. The van der Waals surface area contributed by atoms with Crippen LogP contribution in [-0.4, -0.2) is 31.3 Å². The molecular weight excluding hydrogens is 381 g/mol. The van der Waals surface area contributed by atoms with E-state index in [0.717, 1.165) is 32.1 Å². The molecule has 0 radical (unpaired) electrons. The molecule has 0 atom stereocenters. The molecule has 1 amide bonds. The Hall–Kier alpha value is -2.03. The standard InChI is InChI=1S/C18H21F3N2O3S/c1-13-16(24)23(11-10-17(13)8-4-5-9-17)12-14-6-2-3-7-15(14)22-27(25,26)18(19,20)21/h2-3,6-7,22H,1,4-5,8-12H2. The summed E-state index contributed by atoms with van der Waals surface area (Å²) in [5, 5.41) is 0. The molecule has 9 heteroatoms. The van der Waals surface area contributed by atoms with E-state index in [4.69, 9.17) is 0 Å². The molecule has 1 aliphatic heterocycles. The lowest BCUT2D eigenvalue weighted by Gasteiger charge is -2.40. The van der Waals surface area contributed by atoms with Crippen molar-refractivity contribution in [1.29, 1.82) is 0 Å². The number of carbonyl (C=O) groups is 1. The molecule has 148 valence electrons. The molecule has 1 heterocycles. The molecule has 0 unspecified atom stereocenters. The highest BCUT2D eigenvalue weighted by Gasteiger charge is 2.47. The second-order valence-corrected chi connectivity index (χ2v) is 8.82. The lowest BCUT2D eigenvalue weighted by atomic mass is 9.73. The number of alkyl halides is 3. The molecule has 0 bridgehead atoms. The van der Waals surface area contributed by atoms with Crippen LogP contribution in [0.25, 0.3) is 0 Å². The summed E-state index contributed by atoms with van der Waals surface area (Å²) in [4.78, 5) is 14.3. The molecule has 1 saturated carbocycles. The molecule has 1 saturated heterocycles. The number of hydrogen-bond acceptors (Lipinski definition) is 3. The van der Waals surface area contributed by atoms with Gasteiger partial charge in [0, 0.05) is 24.1 Å². The molecule has 0 aromatic heterocycles. The molecule has 1 aromatic rings. The van der Waals surface area contributed by atoms with Crippen molar-refractivity contribution in [2.75, 3.05) is 11.3 Å². The largest absolute Gasteiger partial charge is 0.516 e. The molecule has 1 aromatic carbocycles. The van der Waals surface area contributed by atoms with Crippen molar-refractivity contribution in [3.8, 4) is 0 Å². The van der Waals surface area contributed by atoms with E-state index in [2.05, 4.69) is 6.58 Å². The van der Waals surface area contributed by atoms with Crippen LogP contribution in [0.15, 0.2) is 36.4 Å². The molecule has 1 spiro atoms. The number of nitrogens with zero attached hydrogens (tertiary/aromatic N) is 1. The predicted octanol–water partition coefficient (Wildman–Crippen LogP) is 3.80. The fourth-order valence-corrected chi connectivity index (χ4v) is 4.54. The van der Waals surface area contributed by atoms with Crippen molar-refractivity contribution in [2.24, 2.45) is 5.41 Å². The van der Waals surface area contributed by atoms with Crippen LogP contribution in [0.1, 0.15) is 37.7 Å². The minimum Gasteiger partial charge on any atom is -0.334 e. The van der Waals surface area contributed by atoms with Crippen LogP contribution in [-0.2, 0) is 21.4 Å². The second-order valence-electron chi connectivity index (χ2n) is 7.15. The Kier molecular flexibility index (Phi) is 5.00. The maximum atomic E-state index is 12.8. The van der Waals surface area contributed by atoms with Crippen molar-refractivity contribution in [1.82, 2.24) is 4.90 Å². The number of para-hydroxylation sites is 1. The summed E-state index contributed by atoms with van der Waals surface area (Å²) in [7, 11) is -5.53. The number of anilines is 1. The van der Waals surface area contributed by atoms with E-state index in [1.54, 1.807) is 10.8 Å². The van der Waals surface area contributed by atoms with E-state index in [9.17, 15) is 26.4 Å². The van der Waals surface area contributed by atoms with Gasteiger partial charge in [0.25, 0.3) is 0 Å². The van der Waals surface area contributed by atoms with E-state index >= 15 is 0 Å². The quantitative estimate of drug-likeness (QED) is 0.779. The highest BCUT2D eigenvalue weighted by atomic mass is 32.2. The Bertz CT molecular complexity index is 859. The summed E-state index contributed by atoms with van der Waals surface area (Å²) in [5.74, 6) is -0.211. The topological polar surface area (TPSA) is 66.5 Å². The van der Waals surface area contributed by atoms with Crippen molar-refractivity contribution in [2.45, 2.75) is 44.2 Å². The van der Waals surface area contributed by atoms with Crippen LogP contribution in [0.2, 0.25) is 0 Å². The zero-order valence-corrected chi connectivity index (χ0v) is 15.5. The van der Waals surface area contributed by atoms with Gasteiger partial charge in [-0.2, -0.15) is 21.6 Å². The third-order valence-electron chi connectivity index (χ3n) is 5.53. The van der Waals surface area contributed by atoms with Gasteiger partial charge < -0.3 is 4.90 Å². The van der Waals surface area contributed by atoms with E-state index in [1.807, 2.05) is 0 Å². The second kappa shape index (κ2) is 6.85. The smallest absolute Gasteiger partial charge is 0.334 e. The molecular formula is C18H21F3N2O3S. The summed E-state index contributed by atoms with van der Waals surface area (Å²) in [5.41, 5.74) is -4.89. The summed E-state index contributed by atoms with van der Waals surface area (Å²) in [6.07, 6.45) is 4.78. The number of benzene rings is 1. The van der Waals surface area contributed by atoms with Gasteiger partial charge in [-0.25, -0.2) is 0 Å². The molecule has 2 fully saturated rings. The zero-order chi connectivity index (χ0) is 19.9. The van der Waals surface area contributed by atoms with Gasteiger partial charge in [-0.15, -0.1) is 0 Å². The van der Waals surface area contributed by atoms with E-state index < -0.39 is 15.5 Å². The molecule has 5 nitrogen and oxygen atoms in total. The van der Waals surface area contributed by atoms with Gasteiger partial charge in [0.15, 0.2) is 0 Å². The zero-order valence-electron chi connectivity index (χ0n) is 14.7. The SMILES string of the molecule is C=C1C(=O)N(Cc2ccccc2NS(=O)(=O)C(F)(F)F)CCC12CCCC2. The minimum absolute atomic E-state index is 0.0183. The van der Waals surface area contributed by atoms with Crippen molar-refractivity contribution < 1.29 is 26.4 Å². The van der Waals surface area contributed by atoms with Gasteiger partial charge in [0.05, 0.1) is 5.69 Å². The number of rotatable bonds is 4. The number of likely N-dealkylation sites (tertiary alicyclic amines) is 1. The Labute approximate surface area is 156 Å². The van der Waals surface area contributed by atoms with E-state index in [1.165, 1.54) is 23.1 Å². The summed E-state index contributed by atoms with van der Waals surface area (Å²) >= 11 is 0. The predicted molar refractivity (Wildman–Crippen MR) is 95.1 cm³/mol. The van der Waals surface area contributed by atoms with Crippen molar-refractivity contribution in [3.05, 3.63) is 42.0 Å². The molecule has 27 heavy (non-hydrogen) atoms. The number of nitrogens with one attached hydrogen (secondary N) is 1. The van der Waals surface area contributed by atoms with Crippen LogP contribution in [0.3, 0.4) is 0 Å². The summed E-state index contributed by atoms with van der Waals surface area (Å²) in [6, 6.07) is 5.77. The van der Waals surface area contributed by atoms with Crippen molar-refractivity contribution >= 4 is 21.6 Å². The van der Waals surface area contributed by atoms with E-state index in [-0.39, 0.29) is 23.6 Å². The Balaban J connectivity index is 1.79. The highest BCUT2D eigenvalue weighted by molar-refractivity contribution is 7.93. The van der Waals surface area contributed by atoms with Gasteiger partial charge in [-0.3, -0.25) is 9.52 Å². The summed E-state index contributed by atoms with van der Waals surface area (Å²) < 4.78 is 62.4. The van der Waals surface area contributed by atoms with E-state index in [0.29, 0.717) is 17.7 Å². The fraction of sp³-hybridized carbons (Fsp3) is 0.500.